The number of fused-ring (bicyclic) bond motifs is 1. The van der Waals surface area contributed by atoms with Crippen molar-refractivity contribution in [2.75, 3.05) is 13.2 Å². The highest BCUT2D eigenvalue weighted by Gasteiger charge is 2.31. The van der Waals surface area contributed by atoms with Gasteiger partial charge in [-0.1, -0.05) is 13.8 Å². The van der Waals surface area contributed by atoms with Crippen molar-refractivity contribution < 1.29 is 14.3 Å². The topological polar surface area (TPSA) is 64.4 Å². The molecule has 0 bridgehead atoms. The van der Waals surface area contributed by atoms with E-state index in [-0.39, 0.29) is 11.8 Å². The minimum Gasteiger partial charge on any atom is -0.461 e. The van der Waals surface area contributed by atoms with Crippen LogP contribution in [0.15, 0.2) is 0 Å². The lowest BCUT2D eigenvalue weighted by Crippen LogP contribution is -2.40. The summed E-state index contributed by atoms with van der Waals surface area (Å²) in [4.78, 5) is 26.5. The molecule has 0 saturated carbocycles. The van der Waals surface area contributed by atoms with Crippen molar-refractivity contribution in [2.24, 2.45) is 13.0 Å². The predicted octanol–water partition coefficient (Wildman–Crippen LogP) is 1.92. The number of aryl methyl sites for hydroxylation is 1. The van der Waals surface area contributed by atoms with Gasteiger partial charge in [-0.3, -0.25) is 9.48 Å². The molecular formula is C16H25N3O3. The third kappa shape index (κ3) is 3.00. The molecule has 0 saturated heterocycles. The average Bonchev–Trinajstić information content (AvgIpc) is 2.85. The summed E-state index contributed by atoms with van der Waals surface area (Å²) in [5, 5.41) is 4.29. The van der Waals surface area contributed by atoms with Crippen LogP contribution < -0.4 is 0 Å². The molecule has 6 heteroatoms. The van der Waals surface area contributed by atoms with Crippen LogP contribution >= 0.6 is 0 Å². The Hall–Kier alpha value is -1.85. The van der Waals surface area contributed by atoms with E-state index in [0.717, 1.165) is 30.5 Å². The third-order valence-electron chi connectivity index (χ3n) is 4.36. The maximum absolute atomic E-state index is 12.6. The molecule has 0 unspecified atom stereocenters. The Morgan fingerprint density at radius 2 is 1.95 bits per heavy atom. The molecule has 22 heavy (non-hydrogen) atoms. The van der Waals surface area contributed by atoms with Gasteiger partial charge in [-0.05, 0) is 19.8 Å². The Morgan fingerprint density at radius 3 is 2.55 bits per heavy atom. The second-order valence-corrected chi connectivity index (χ2v) is 5.64. The molecule has 1 aliphatic rings. The molecule has 122 valence electrons. The lowest BCUT2D eigenvalue weighted by atomic mass is 9.98. The molecule has 0 aromatic carbocycles. The highest BCUT2D eigenvalue weighted by molar-refractivity contribution is 5.89. The standard InChI is InChI=1S/C16H25N3O3/c1-5-11(6-2)15(20)19-9-8-13-12(10-19)14(17-18(13)4)16(21)22-7-3/h11H,5-10H2,1-4H3. The van der Waals surface area contributed by atoms with Gasteiger partial charge in [-0.15, -0.1) is 0 Å². The molecule has 0 fully saturated rings. The van der Waals surface area contributed by atoms with E-state index >= 15 is 0 Å². The molecule has 1 aromatic heterocycles. The van der Waals surface area contributed by atoms with Crippen LogP contribution in [0.1, 0.15) is 55.4 Å². The van der Waals surface area contributed by atoms with Crippen molar-refractivity contribution in [1.82, 2.24) is 14.7 Å². The number of ether oxygens (including phenoxy) is 1. The summed E-state index contributed by atoms with van der Waals surface area (Å²) in [7, 11) is 1.83. The molecule has 2 heterocycles. The Bertz CT molecular complexity index is 561. The molecule has 0 radical (unpaired) electrons. The van der Waals surface area contributed by atoms with Crippen molar-refractivity contribution in [3.8, 4) is 0 Å². The second kappa shape index (κ2) is 6.94. The van der Waals surface area contributed by atoms with Gasteiger partial charge in [0.15, 0.2) is 5.69 Å². The van der Waals surface area contributed by atoms with Gasteiger partial charge in [0.25, 0.3) is 0 Å². The Balaban J connectivity index is 2.25. The summed E-state index contributed by atoms with van der Waals surface area (Å²) in [6, 6.07) is 0. The van der Waals surface area contributed by atoms with Gasteiger partial charge >= 0.3 is 5.97 Å². The summed E-state index contributed by atoms with van der Waals surface area (Å²) in [6.07, 6.45) is 2.41. The van der Waals surface area contributed by atoms with Crippen LogP contribution in [0.2, 0.25) is 0 Å². The fourth-order valence-electron chi connectivity index (χ4n) is 3.04. The minimum atomic E-state index is -0.406. The second-order valence-electron chi connectivity index (χ2n) is 5.64. The average molecular weight is 307 g/mol. The van der Waals surface area contributed by atoms with Gasteiger partial charge in [0.05, 0.1) is 6.61 Å². The van der Waals surface area contributed by atoms with Crippen molar-refractivity contribution in [1.29, 1.82) is 0 Å². The third-order valence-corrected chi connectivity index (χ3v) is 4.36. The SMILES string of the molecule is CCOC(=O)c1nn(C)c2c1CN(C(=O)C(CC)CC)CC2. The summed E-state index contributed by atoms with van der Waals surface area (Å²) in [5.41, 5.74) is 2.21. The molecule has 1 amide bonds. The molecule has 1 aliphatic heterocycles. The first-order chi connectivity index (χ1) is 10.5. The van der Waals surface area contributed by atoms with Gasteiger partial charge in [0.1, 0.15) is 0 Å². The number of nitrogens with zero attached hydrogens (tertiary/aromatic N) is 3. The molecule has 0 aliphatic carbocycles. The van der Waals surface area contributed by atoms with E-state index in [4.69, 9.17) is 4.74 Å². The van der Waals surface area contributed by atoms with Crippen molar-refractivity contribution in [3.63, 3.8) is 0 Å². The quantitative estimate of drug-likeness (QED) is 0.780. The Kier molecular flexibility index (Phi) is 5.21. The maximum atomic E-state index is 12.6. The van der Waals surface area contributed by atoms with Gasteiger partial charge in [0.2, 0.25) is 5.91 Å². The summed E-state index contributed by atoms with van der Waals surface area (Å²) >= 11 is 0. The molecule has 2 rings (SSSR count). The Morgan fingerprint density at radius 1 is 1.27 bits per heavy atom. The van der Waals surface area contributed by atoms with Crippen molar-refractivity contribution in [2.45, 2.75) is 46.6 Å². The monoisotopic (exact) mass is 307 g/mol. The molecule has 1 aromatic rings. The number of hydrogen-bond acceptors (Lipinski definition) is 4. The summed E-state index contributed by atoms with van der Waals surface area (Å²) in [5.74, 6) is -0.172. The molecule has 0 N–H and O–H groups in total. The lowest BCUT2D eigenvalue weighted by molar-refractivity contribution is -0.136. The van der Waals surface area contributed by atoms with E-state index in [0.29, 0.717) is 25.4 Å². The van der Waals surface area contributed by atoms with E-state index in [1.54, 1.807) is 11.6 Å². The van der Waals surface area contributed by atoms with Crippen LogP contribution in [0.4, 0.5) is 0 Å². The predicted molar refractivity (Wildman–Crippen MR) is 82.4 cm³/mol. The maximum Gasteiger partial charge on any atom is 0.359 e. The van der Waals surface area contributed by atoms with Crippen LogP contribution in [0.25, 0.3) is 0 Å². The molecule has 6 nitrogen and oxygen atoms in total. The first-order valence-corrected chi connectivity index (χ1v) is 8.04. The molecule has 0 atom stereocenters. The van der Waals surface area contributed by atoms with Crippen molar-refractivity contribution in [3.05, 3.63) is 17.0 Å². The lowest BCUT2D eigenvalue weighted by Gasteiger charge is -2.30. The zero-order valence-corrected chi connectivity index (χ0v) is 13.9. The normalized spacial score (nSPS) is 14.1. The molecular weight excluding hydrogens is 282 g/mol. The fourth-order valence-corrected chi connectivity index (χ4v) is 3.04. The minimum absolute atomic E-state index is 0.0595. The number of carbonyl (C=O) groups excluding carboxylic acids is 2. The van der Waals surface area contributed by atoms with E-state index in [9.17, 15) is 9.59 Å². The van der Waals surface area contributed by atoms with Gasteiger partial charge in [-0.25, -0.2) is 4.79 Å². The zero-order valence-electron chi connectivity index (χ0n) is 13.9. The largest absolute Gasteiger partial charge is 0.461 e. The van der Waals surface area contributed by atoms with Crippen LogP contribution in [-0.4, -0.2) is 39.7 Å². The highest BCUT2D eigenvalue weighted by atomic mass is 16.5. The van der Waals surface area contributed by atoms with Gasteiger partial charge in [-0.2, -0.15) is 5.10 Å². The number of hydrogen-bond donors (Lipinski definition) is 0. The number of aromatic nitrogens is 2. The van der Waals surface area contributed by atoms with Crippen LogP contribution in [0.3, 0.4) is 0 Å². The highest BCUT2D eigenvalue weighted by Crippen LogP contribution is 2.25. The van der Waals surface area contributed by atoms with E-state index in [1.165, 1.54) is 0 Å². The summed E-state index contributed by atoms with van der Waals surface area (Å²) in [6.45, 7) is 7.30. The number of rotatable bonds is 5. The van der Waals surface area contributed by atoms with E-state index in [2.05, 4.69) is 5.10 Å². The number of carbonyl (C=O) groups is 2. The van der Waals surface area contributed by atoms with Crippen LogP contribution in [-0.2, 0) is 29.5 Å². The van der Waals surface area contributed by atoms with Crippen LogP contribution in [0.5, 0.6) is 0 Å². The number of amides is 1. The first kappa shape index (κ1) is 16.5. The summed E-state index contributed by atoms with van der Waals surface area (Å²) < 4.78 is 6.81. The zero-order chi connectivity index (χ0) is 16.3. The van der Waals surface area contributed by atoms with Crippen molar-refractivity contribution >= 4 is 11.9 Å². The fraction of sp³-hybridized carbons (Fsp3) is 0.688. The Labute approximate surface area is 131 Å². The van der Waals surface area contributed by atoms with Gasteiger partial charge in [0, 0.05) is 43.7 Å². The first-order valence-electron chi connectivity index (χ1n) is 8.04. The number of esters is 1. The molecule has 0 spiro atoms. The van der Waals surface area contributed by atoms with Gasteiger partial charge < -0.3 is 9.64 Å². The van der Waals surface area contributed by atoms with E-state index in [1.807, 2.05) is 25.8 Å². The van der Waals surface area contributed by atoms with Crippen LogP contribution in [0, 0.1) is 5.92 Å². The smallest absolute Gasteiger partial charge is 0.359 e. The van der Waals surface area contributed by atoms with E-state index < -0.39 is 5.97 Å².